The molecule has 24 heavy (non-hydrogen) atoms. The Labute approximate surface area is 149 Å². The van der Waals surface area contributed by atoms with Gasteiger partial charge >= 0.3 is 0 Å². The second-order valence-electron chi connectivity index (χ2n) is 5.29. The van der Waals surface area contributed by atoms with E-state index in [1.165, 1.54) is 5.56 Å². The van der Waals surface area contributed by atoms with Crippen LogP contribution in [0, 0.1) is 0 Å². The van der Waals surface area contributed by atoms with Gasteiger partial charge in [0, 0.05) is 11.0 Å². The third-order valence-electron chi connectivity index (χ3n) is 3.47. The van der Waals surface area contributed by atoms with Crippen LogP contribution in [0.25, 0.3) is 0 Å². The number of halogens is 1. The zero-order valence-electron chi connectivity index (χ0n) is 13.1. The summed E-state index contributed by atoms with van der Waals surface area (Å²) >= 11 is 3.49. The Hall–Kier alpha value is -2.47. The summed E-state index contributed by atoms with van der Waals surface area (Å²) in [6, 6.07) is 18.3. The highest BCUT2D eigenvalue weighted by molar-refractivity contribution is 9.10. The molecule has 3 rings (SSSR count). The normalized spacial score (nSPS) is 10.4. The van der Waals surface area contributed by atoms with E-state index in [9.17, 15) is 0 Å². The van der Waals surface area contributed by atoms with Crippen molar-refractivity contribution in [1.82, 2.24) is 15.2 Å². The molecule has 3 aromatic rings. The quantitative estimate of drug-likeness (QED) is 0.591. The first-order valence-corrected chi connectivity index (χ1v) is 8.59. The molecule has 0 radical (unpaired) electrons. The molecule has 0 unspecified atom stereocenters. The van der Waals surface area contributed by atoms with Crippen LogP contribution in [0.1, 0.15) is 12.0 Å². The van der Waals surface area contributed by atoms with Gasteiger partial charge in [0.25, 0.3) is 0 Å². The third kappa shape index (κ3) is 4.76. The lowest BCUT2D eigenvalue weighted by Gasteiger charge is -2.08. The summed E-state index contributed by atoms with van der Waals surface area (Å²) in [6.45, 7) is 0.835. The van der Waals surface area contributed by atoms with Gasteiger partial charge in [0.15, 0.2) is 5.82 Å². The molecule has 0 fully saturated rings. The summed E-state index contributed by atoms with van der Waals surface area (Å²) in [5.41, 5.74) is 2.25. The van der Waals surface area contributed by atoms with Gasteiger partial charge in [-0.2, -0.15) is 10.1 Å². The number of nitrogens with zero attached hydrogens (tertiary/aromatic N) is 3. The van der Waals surface area contributed by atoms with Crippen molar-refractivity contribution >= 4 is 33.4 Å². The van der Waals surface area contributed by atoms with E-state index < -0.39 is 0 Å². The summed E-state index contributed by atoms with van der Waals surface area (Å²) in [5, 5.41) is 14.5. The summed E-state index contributed by atoms with van der Waals surface area (Å²) in [7, 11) is 0. The summed E-state index contributed by atoms with van der Waals surface area (Å²) in [4.78, 5) is 4.44. The highest BCUT2D eigenvalue weighted by atomic mass is 79.9. The fourth-order valence-electron chi connectivity index (χ4n) is 2.28. The molecule has 0 spiro atoms. The second kappa shape index (κ2) is 8.40. The minimum absolute atomic E-state index is 0.468. The van der Waals surface area contributed by atoms with Crippen molar-refractivity contribution < 1.29 is 0 Å². The van der Waals surface area contributed by atoms with Gasteiger partial charge in [-0.15, -0.1) is 5.10 Å². The Morgan fingerprint density at radius 2 is 1.75 bits per heavy atom. The number of anilines is 3. The fraction of sp³-hybridized carbons (Fsp3) is 0.167. The molecule has 122 valence electrons. The standard InChI is InChI=1S/C18H18BrN5/c19-15-10-4-5-11-16(15)22-18-23-17(13-21-24-18)20-12-6-9-14-7-2-1-3-8-14/h1-5,7-8,10-11,13H,6,9,12H2,(H2,20,22,23,24). The first-order valence-electron chi connectivity index (χ1n) is 7.80. The topological polar surface area (TPSA) is 62.7 Å². The van der Waals surface area contributed by atoms with Crippen LogP contribution in [0.2, 0.25) is 0 Å². The Kier molecular flexibility index (Phi) is 5.74. The zero-order chi connectivity index (χ0) is 16.6. The summed E-state index contributed by atoms with van der Waals surface area (Å²) < 4.78 is 0.954. The molecule has 0 saturated carbocycles. The lowest BCUT2D eigenvalue weighted by Crippen LogP contribution is -2.07. The Morgan fingerprint density at radius 1 is 0.958 bits per heavy atom. The average Bonchev–Trinajstić information content (AvgIpc) is 2.62. The molecule has 0 aliphatic heterocycles. The molecule has 6 heteroatoms. The van der Waals surface area contributed by atoms with Gasteiger partial charge in [-0.1, -0.05) is 42.5 Å². The monoisotopic (exact) mass is 383 g/mol. The van der Waals surface area contributed by atoms with E-state index in [4.69, 9.17) is 0 Å². The summed E-state index contributed by atoms with van der Waals surface area (Å²) in [6.07, 6.45) is 3.70. The Balaban J connectivity index is 1.53. The molecule has 5 nitrogen and oxygen atoms in total. The van der Waals surface area contributed by atoms with E-state index in [0.29, 0.717) is 11.8 Å². The largest absolute Gasteiger partial charge is 0.369 e. The molecule has 0 atom stereocenters. The van der Waals surface area contributed by atoms with Gasteiger partial charge in [-0.05, 0) is 46.5 Å². The van der Waals surface area contributed by atoms with Crippen LogP contribution in [0.3, 0.4) is 0 Å². The Morgan fingerprint density at radius 3 is 2.58 bits per heavy atom. The van der Waals surface area contributed by atoms with Crippen LogP contribution < -0.4 is 10.6 Å². The smallest absolute Gasteiger partial charge is 0.249 e. The number of hydrogen-bond acceptors (Lipinski definition) is 5. The fourth-order valence-corrected chi connectivity index (χ4v) is 2.66. The number of aryl methyl sites for hydroxylation is 1. The predicted molar refractivity (Wildman–Crippen MR) is 101 cm³/mol. The molecular weight excluding hydrogens is 366 g/mol. The lowest BCUT2D eigenvalue weighted by atomic mass is 10.1. The first-order chi connectivity index (χ1) is 11.8. The molecule has 1 heterocycles. The van der Waals surface area contributed by atoms with E-state index in [1.807, 2.05) is 30.3 Å². The highest BCUT2D eigenvalue weighted by Gasteiger charge is 2.03. The number of hydrogen-bond donors (Lipinski definition) is 2. The number of para-hydroxylation sites is 1. The molecule has 0 aliphatic carbocycles. The van der Waals surface area contributed by atoms with Gasteiger partial charge in [0.2, 0.25) is 5.95 Å². The van der Waals surface area contributed by atoms with Crippen molar-refractivity contribution in [3.05, 3.63) is 70.8 Å². The molecule has 1 aromatic heterocycles. The minimum Gasteiger partial charge on any atom is -0.369 e. The highest BCUT2D eigenvalue weighted by Crippen LogP contribution is 2.23. The average molecular weight is 384 g/mol. The number of aromatic nitrogens is 3. The van der Waals surface area contributed by atoms with Crippen molar-refractivity contribution in [2.24, 2.45) is 0 Å². The molecule has 0 aliphatic rings. The maximum absolute atomic E-state index is 4.44. The van der Waals surface area contributed by atoms with E-state index in [2.05, 4.69) is 66.0 Å². The van der Waals surface area contributed by atoms with Gasteiger partial charge < -0.3 is 10.6 Å². The van der Waals surface area contributed by atoms with Gasteiger partial charge in [0.1, 0.15) is 0 Å². The molecule has 2 N–H and O–H groups in total. The minimum atomic E-state index is 0.468. The van der Waals surface area contributed by atoms with Crippen LogP contribution in [-0.4, -0.2) is 21.7 Å². The van der Waals surface area contributed by atoms with Crippen LogP contribution in [0.4, 0.5) is 17.5 Å². The predicted octanol–water partition coefficient (Wildman–Crippen LogP) is 4.42. The molecule has 2 aromatic carbocycles. The van der Waals surface area contributed by atoms with E-state index in [1.54, 1.807) is 6.20 Å². The first kappa shape index (κ1) is 16.4. The van der Waals surface area contributed by atoms with Gasteiger partial charge in [-0.25, -0.2) is 0 Å². The van der Waals surface area contributed by atoms with E-state index in [0.717, 1.165) is 29.5 Å². The molecule has 0 bridgehead atoms. The number of rotatable bonds is 7. The SMILES string of the molecule is Brc1ccccc1Nc1nncc(NCCCc2ccccc2)n1. The molecule has 0 saturated heterocycles. The van der Waals surface area contributed by atoms with E-state index in [-0.39, 0.29) is 0 Å². The van der Waals surface area contributed by atoms with Crippen molar-refractivity contribution in [2.45, 2.75) is 12.8 Å². The number of nitrogens with one attached hydrogen (secondary N) is 2. The summed E-state index contributed by atoms with van der Waals surface area (Å²) in [5.74, 6) is 1.18. The Bertz CT molecular complexity index is 779. The lowest BCUT2D eigenvalue weighted by molar-refractivity contribution is 0.853. The van der Waals surface area contributed by atoms with Gasteiger partial charge in [0.05, 0.1) is 11.9 Å². The van der Waals surface area contributed by atoms with E-state index >= 15 is 0 Å². The molecular formula is C18H18BrN5. The van der Waals surface area contributed by atoms with Gasteiger partial charge in [-0.3, -0.25) is 0 Å². The van der Waals surface area contributed by atoms with Crippen LogP contribution in [-0.2, 0) is 6.42 Å². The third-order valence-corrected chi connectivity index (χ3v) is 4.16. The van der Waals surface area contributed by atoms with Crippen molar-refractivity contribution in [3.8, 4) is 0 Å². The van der Waals surface area contributed by atoms with Crippen LogP contribution in [0.5, 0.6) is 0 Å². The van der Waals surface area contributed by atoms with Crippen LogP contribution >= 0.6 is 15.9 Å². The van der Waals surface area contributed by atoms with Crippen molar-refractivity contribution in [1.29, 1.82) is 0 Å². The molecule has 0 amide bonds. The zero-order valence-corrected chi connectivity index (χ0v) is 14.7. The maximum Gasteiger partial charge on any atom is 0.249 e. The number of benzene rings is 2. The maximum atomic E-state index is 4.44. The van der Waals surface area contributed by atoms with Crippen molar-refractivity contribution in [3.63, 3.8) is 0 Å². The second-order valence-corrected chi connectivity index (χ2v) is 6.14. The van der Waals surface area contributed by atoms with Crippen LogP contribution in [0.15, 0.2) is 65.3 Å². The van der Waals surface area contributed by atoms with Crippen molar-refractivity contribution in [2.75, 3.05) is 17.2 Å².